The van der Waals surface area contributed by atoms with Crippen LogP contribution in [0.5, 0.6) is 0 Å². The number of thioether (sulfide) groups is 1. The molecule has 0 spiro atoms. The van der Waals surface area contributed by atoms with Crippen molar-refractivity contribution in [2.45, 2.75) is 20.3 Å². The molecule has 10 heavy (non-hydrogen) atoms. The van der Waals surface area contributed by atoms with Crippen LogP contribution in [0.3, 0.4) is 0 Å². The van der Waals surface area contributed by atoms with Crippen molar-refractivity contribution in [1.29, 1.82) is 0 Å². The lowest BCUT2D eigenvalue weighted by Gasteiger charge is -1.96. The van der Waals surface area contributed by atoms with Gasteiger partial charge in [-0.1, -0.05) is 13.8 Å². The molecule has 0 aromatic carbocycles. The van der Waals surface area contributed by atoms with E-state index in [2.05, 4.69) is 18.8 Å². The minimum absolute atomic E-state index is 0.786. The maximum atomic E-state index is 5.58. The Hall–Kier alpha value is -0.180. The highest BCUT2D eigenvalue weighted by Gasteiger charge is 1.89. The zero-order valence-electron chi connectivity index (χ0n) is 6.76. The van der Waals surface area contributed by atoms with E-state index in [0.29, 0.717) is 0 Å². The lowest BCUT2D eigenvalue weighted by molar-refractivity contribution is 0.929. The molecule has 60 valence electrons. The third kappa shape index (κ3) is 5.95. The Morgan fingerprint density at radius 2 is 2.20 bits per heavy atom. The summed E-state index contributed by atoms with van der Waals surface area (Å²) in [6.07, 6.45) is 1.08. The number of nitrogens with two attached hydrogens (primary N) is 1. The van der Waals surface area contributed by atoms with Crippen molar-refractivity contribution in [1.82, 2.24) is 0 Å². The zero-order valence-corrected chi connectivity index (χ0v) is 7.58. The summed E-state index contributed by atoms with van der Waals surface area (Å²) in [4.78, 5) is 4.15. The molecule has 0 saturated carbocycles. The van der Waals surface area contributed by atoms with E-state index in [9.17, 15) is 0 Å². The highest BCUT2D eigenvalue weighted by atomic mass is 32.2. The first-order valence-corrected chi connectivity index (χ1v) is 4.83. The molecule has 0 unspecified atom stereocenters. The van der Waals surface area contributed by atoms with Crippen LogP contribution in [-0.4, -0.2) is 23.9 Å². The van der Waals surface area contributed by atoms with Gasteiger partial charge in [-0.2, -0.15) is 11.8 Å². The second-order valence-corrected chi connectivity index (χ2v) is 3.28. The van der Waals surface area contributed by atoms with Crippen molar-refractivity contribution >= 4 is 17.6 Å². The molecule has 0 bridgehead atoms. The Morgan fingerprint density at radius 1 is 1.50 bits per heavy atom. The highest BCUT2D eigenvalue weighted by molar-refractivity contribution is 7.99. The smallest absolute Gasteiger partial charge is 0.104 e. The lowest BCUT2D eigenvalue weighted by Crippen LogP contribution is -2.15. The number of hydrogen-bond acceptors (Lipinski definition) is 2. The minimum atomic E-state index is 0.786. The highest BCUT2D eigenvalue weighted by Crippen LogP contribution is 1.96. The van der Waals surface area contributed by atoms with Gasteiger partial charge in [0.25, 0.3) is 0 Å². The van der Waals surface area contributed by atoms with Gasteiger partial charge in [-0.25, -0.2) is 0 Å². The van der Waals surface area contributed by atoms with E-state index in [4.69, 9.17) is 5.73 Å². The van der Waals surface area contributed by atoms with E-state index in [0.717, 1.165) is 30.3 Å². The first-order valence-electron chi connectivity index (χ1n) is 3.67. The molecule has 0 atom stereocenters. The molecule has 0 radical (unpaired) electrons. The van der Waals surface area contributed by atoms with Crippen LogP contribution in [0.4, 0.5) is 0 Å². The minimum Gasteiger partial charge on any atom is -0.387 e. The van der Waals surface area contributed by atoms with Gasteiger partial charge in [0.15, 0.2) is 0 Å². The number of hydrogen-bond donors (Lipinski definition) is 1. The molecule has 0 rings (SSSR count). The quantitative estimate of drug-likeness (QED) is 0.489. The summed E-state index contributed by atoms with van der Waals surface area (Å²) in [7, 11) is 0. The Labute approximate surface area is 67.3 Å². The van der Waals surface area contributed by atoms with Crippen molar-refractivity contribution in [3.8, 4) is 0 Å². The Bertz CT molecular complexity index is 102. The van der Waals surface area contributed by atoms with Gasteiger partial charge in [0.1, 0.15) is 5.84 Å². The molecule has 0 saturated heterocycles. The first kappa shape index (κ1) is 9.82. The Balaban J connectivity index is 3.30. The van der Waals surface area contributed by atoms with Crippen LogP contribution in [0.15, 0.2) is 4.99 Å². The zero-order chi connectivity index (χ0) is 7.82. The first-order chi connectivity index (χ1) is 4.81. The predicted octanol–water partition coefficient (Wildman–Crippen LogP) is 1.51. The molecule has 0 aliphatic heterocycles. The van der Waals surface area contributed by atoms with E-state index in [1.54, 1.807) is 0 Å². The second-order valence-electron chi connectivity index (χ2n) is 2.01. The molecule has 0 aromatic heterocycles. The van der Waals surface area contributed by atoms with Crippen molar-refractivity contribution in [3.05, 3.63) is 0 Å². The van der Waals surface area contributed by atoms with Crippen LogP contribution in [0, 0.1) is 0 Å². The number of aliphatic imine (C=N–C) groups is 1. The third-order valence-corrected chi connectivity index (χ3v) is 1.90. The van der Waals surface area contributed by atoms with Crippen molar-refractivity contribution in [2.24, 2.45) is 10.7 Å². The van der Waals surface area contributed by atoms with Gasteiger partial charge < -0.3 is 5.73 Å². The van der Waals surface area contributed by atoms with Gasteiger partial charge in [0.2, 0.25) is 0 Å². The van der Waals surface area contributed by atoms with Crippen LogP contribution in [0.1, 0.15) is 20.3 Å². The maximum Gasteiger partial charge on any atom is 0.104 e. The van der Waals surface area contributed by atoms with Gasteiger partial charge in [-0.15, -0.1) is 0 Å². The van der Waals surface area contributed by atoms with Gasteiger partial charge in [-0.05, 0) is 12.2 Å². The fourth-order valence-electron chi connectivity index (χ4n) is 0.508. The average molecular weight is 160 g/mol. The monoisotopic (exact) mass is 160 g/mol. The van der Waals surface area contributed by atoms with Crippen molar-refractivity contribution in [2.75, 3.05) is 18.1 Å². The van der Waals surface area contributed by atoms with Crippen LogP contribution in [-0.2, 0) is 0 Å². The lowest BCUT2D eigenvalue weighted by atomic mass is 10.5. The number of amidine groups is 1. The third-order valence-electron chi connectivity index (χ3n) is 0.993. The Kier molecular flexibility index (Phi) is 6.81. The van der Waals surface area contributed by atoms with Crippen LogP contribution < -0.4 is 5.73 Å². The SMILES string of the molecule is CCCN=C(N)CSCC. The summed E-state index contributed by atoms with van der Waals surface area (Å²) < 4.78 is 0. The number of rotatable bonds is 5. The standard InChI is InChI=1S/C7H16N2S/c1-3-5-9-7(8)6-10-4-2/h3-6H2,1-2H3,(H2,8,9). The van der Waals surface area contributed by atoms with Gasteiger partial charge >= 0.3 is 0 Å². The van der Waals surface area contributed by atoms with Gasteiger partial charge in [0, 0.05) is 6.54 Å². The van der Waals surface area contributed by atoms with E-state index in [1.165, 1.54) is 0 Å². The molecular formula is C7H16N2S. The van der Waals surface area contributed by atoms with Crippen molar-refractivity contribution in [3.63, 3.8) is 0 Å². The predicted molar refractivity (Wildman–Crippen MR) is 49.8 cm³/mol. The molecule has 0 heterocycles. The molecular weight excluding hydrogens is 144 g/mol. The summed E-state index contributed by atoms with van der Waals surface area (Å²) in [5, 5.41) is 0. The van der Waals surface area contributed by atoms with E-state index < -0.39 is 0 Å². The summed E-state index contributed by atoms with van der Waals surface area (Å²) in [5.74, 6) is 2.78. The maximum absolute atomic E-state index is 5.58. The topological polar surface area (TPSA) is 38.4 Å². The van der Waals surface area contributed by atoms with Gasteiger partial charge in [0.05, 0.1) is 5.75 Å². The summed E-state index contributed by atoms with van der Waals surface area (Å²) in [6.45, 7) is 5.09. The van der Waals surface area contributed by atoms with E-state index in [1.807, 2.05) is 11.8 Å². The summed E-state index contributed by atoms with van der Waals surface area (Å²) >= 11 is 1.81. The molecule has 2 nitrogen and oxygen atoms in total. The fraction of sp³-hybridized carbons (Fsp3) is 0.857. The molecule has 0 aliphatic rings. The van der Waals surface area contributed by atoms with Crippen LogP contribution in [0.2, 0.25) is 0 Å². The molecule has 0 amide bonds. The molecule has 3 heteroatoms. The van der Waals surface area contributed by atoms with Crippen molar-refractivity contribution < 1.29 is 0 Å². The van der Waals surface area contributed by atoms with Crippen LogP contribution in [0.25, 0.3) is 0 Å². The molecule has 0 aromatic rings. The average Bonchev–Trinajstić information content (AvgIpc) is 1.97. The Morgan fingerprint density at radius 3 is 2.70 bits per heavy atom. The summed E-state index contributed by atoms with van der Waals surface area (Å²) in [6, 6.07) is 0. The molecule has 0 aliphatic carbocycles. The van der Waals surface area contributed by atoms with Crippen LogP contribution >= 0.6 is 11.8 Å². The van der Waals surface area contributed by atoms with Gasteiger partial charge in [-0.3, -0.25) is 4.99 Å². The number of nitrogens with zero attached hydrogens (tertiary/aromatic N) is 1. The summed E-state index contributed by atoms with van der Waals surface area (Å²) in [5.41, 5.74) is 5.58. The fourth-order valence-corrected chi connectivity index (χ4v) is 1.01. The van der Waals surface area contributed by atoms with E-state index >= 15 is 0 Å². The molecule has 0 fully saturated rings. The van der Waals surface area contributed by atoms with E-state index in [-0.39, 0.29) is 0 Å². The largest absolute Gasteiger partial charge is 0.387 e. The normalized spacial score (nSPS) is 12.0. The second kappa shape index (κ2) is 6.93. The molecule has 2 N–H and O–H groups in total.